The highest BCUT2D eigenvalue weighted by Gasteiger charge is 2.11. The molecule has 0 saturated carbocycles. The van der Waals surface area contributed by atoms with Crippen LogP contribution in [0.15, 0.2) is 42.5 Å². The number of hydrogen-bond acceptors (Lipinski definition) is 6. The van der Waals surface area contributed by atoms with E-state index in [4.69, 9.17) is 24.4 Å². The molecule has 0 heterocycles. The van der Waals surface area contributed by atoms with Crippen LogP contribution in [0.5, 0.6) is 11.5 Å². The van der Waals surface area contributed by atoms with E-state index < -0.39 is 5.97 Å². The fourth-order valence-corrected chi connectivity index (χ4v) is 2.03. The third kappa shape index (κ3) is 5.30. The van der Waals surface area contributed by atoms with Gasteiger partial charge in [-0.1, -0.05) is 18.2 Å². The quantitative estimate of drug-likeness (QED) is 0.386. The number of aliphatic hydroxyl groups is 1. The number of carbonyl (C=O) groups excluding carboxylic acids is 1. The lowest BCUT2D eigenvalue weighted by molar-refractivity contribution is -0.00139. The molecular weight excluding hydrogens is 328 g/mol. The fourth-order valence-electron chi connectivity index (χ4n) is 2.03. The van der Waals surface area contributed by atoms with Gasteiger partial charge in [-0.2, -0.15) is 0 Å². The van der Waals surface area contributed by atoms with E-state index >= 15 is 0 Å². The Balaban J connectivity index is 2.03. The zero-order valence-electron chi connectivity index (χ0n) is 13.4. The van der Waals surface area contributed by atoms with Gasteiger partial charge in [-0.25, -0.2) is 4.79 Å². The van der Waals surface area contributed by atoms with Crippen LogP contribution in [0.25, 0.3) is 0 Å². The van der Waals surface area contributed by atoms with Crippen molar-refractivity contribution < 1.29 is 34.0 Å². The molecule has 7 nitrogen and oxygen atoms in total. The number of ether oxygens (including phenoxy) is 3. The van der Waals surface area contributed by atoms with Crippen molar-refractivity contribution >= 4 is 12.3 Å². The number of carboxylic acids is 1. The van der Waals surface area contributed by atoms with Crippen molar-refractivity contribution in [3.63, 3.8) is 0 Å². The first-order valence-corrected chi connectivity index (χ1v) is 7.50. The Morgan fingerprint density at radius 3 is 2.32 bits per heavy atom. The van der Waals surface area contributed by atoms with Gasteiger partial charge in [0, 0.05) is 0 Å². The van der Waals surface area contributed by atoms with E-state index in [1.807, 2.05) is 0 Å². The third-order valence-electron chi connectivity index (χ3n) is 3.27. The molecule has 0 spiro atoms. The summed E-state index contributed by atoms with van der Waals surface area (Å²) in [4.78, 5) is 22.2. The maximum absolute atomic E-state index is 11.4. The molecule has 0 unspecified atom stereocenters. The molecule has 0 radical (unpaired) electrons. The van der Waals surface area contributed by atoms with Crippen LogP contribution in [0.4, 0.5) is 0 Å². The SMILES string of the molecule is O=Cc1c(OCOCCO)cccc1OCc1ccc(C(=O)O)cc1. The van der Waals surface area contributed by atoms with Gasteiger partial charge in [0.05, 0.1) is 24.3 Å². The summed E-state index contributed by atoms with van der Waals surface area (Å²) in [5.41, 5.74) is 1.20. The Morgan fingerprint density at radius 2 is 1.72 bits per heavy atom. The van der Waals surface area contributed by atoms with Gasteiger partial charge in [0.2, 0.25) is 0 Å². The largest absolute Gasteiger partial charge is 0.488 e. The Morgan fingerprint density at radius 1 is 1.04 bits per heavy atom. The minimum atomic E-state index is -0.996. The summed E-state index contributed by atoms with van der Waals surface area (Å²) in [5.74, 6) is -0.340. The van der Waals surface area contributed by atoms with Gasteiger partial charge in [-0.05, 0) is 29.8 Å². The first-order valence-electron chi connectivity index (χ1n) is 7.50. The molecule has 7 heteroatoms. The summed E-state index contributed by atoms with van der Waals surface area (Å²) in [6.45, 7) is 0.0966. The summed E-state index contributed by atoms with van der Waals surface area (Å²) in [5, 5.41) is 17.5. The van der Waals surface area contributed by atoms with Crippen LogP contribution in [0.2, 0.25) is 0 Å². The fraction of sp³-hybridized carbons (Fsp3) is 0.222. The number of carboxylic acid groups (broad SMARTS) is 1. The number of carbonyl (C=O) groups is 2. The van der Waals surface area contributed by atoms with Crippen molar-refractivity contribution in [1.29, 1.82) is 0 Å². The Labute approximate surface area is 144 Å². The lowest BCUT2D eigenvalue weighted by Crippen LogP contribution is -2.08. The number of aliphatic hydroxyl groups excluding tert-OH is 1. The highest BCUT2D eigenvalue weighted by molar-refractivity contribution is 5.87. The molecule has 25 heavy (non-hydrogen) atoms. The van der Waals surface area contributed by atoms with E-state index in [1.54, 1.807) is 30.3 Å². The molecule has 0 aromatic heterocycles. The summed E-state index contributed by atoms with van der Waals surface area (Å²) >= 11 is 0. The highest BCUT2D eigenvalue weighted by atomic mass is 16.7. The molecule has 2 aromatic carbocycles. The van der Waals surface area contributed by atoms with E-state index in [1.165, 1.54) is 12.1 Å². The van der Waals surface area contributed by atoms with Gasteiger partial charge in [0.1, 0.15) is 18.1 Å². The monoisotopic (exact) mass is 346 g/mol. The molecule has 2 rings (SSSR count). The second-order valence-corrected chi connectivity index (χ2v) is 4.97. The van der Waals surface area contributed by atoms with Crippen LogP contribution in [-0.4, -0.2) is 42.5 Å². The second kappa shape index (κ2) is 9.41. The second-order valence-electron chi connectivity index (χ2n) is 4.97. The number of aromatic carboxylic acids is 1. The Hall–Kier alpha value is -2.90. The summed E-state index contributed by atoms with van der Waals surface area (Å²) < 4.78 is 16.0. The van der Waals surface area contributed by atoms with Crippen molar-refractivity contribution in [2.75, 3.05) is 20.0 Å². The van der Waals surface area contributed by atoms with Crippen LogP contribution < -0.4 is 9.47 Å². The van der Waals surface area contributed by atoms with E-state index in [2.05, 4.69) is 0 Å². The van der Waals surface area contributed by atoms with Crippen LogP contribution in [0.3, 0.4) is 0 Å². The first-order chi connectivity index (χ1) is 12.2. The maximum Gasteiger partial charge on any atom is 0.335 e. The average Bonchev–Trinajstić information content (AvgIpc) is 2.63. The van der Waals surface area contributed by atoms with Crippen molar-refractivity contribution in [1.82, 2.24) is 0 Å². The maximum atomic E-state index is 11.4. The number of benzene rings is 2. The van der Waals surface area contributed by atoms with Crippen LogP contribution in [0, 0.1) is 0 Å². The molecule has 0 saturated heterocycles. The molecule has 0 atom stereocenters. The molecule has 0 bridgehead atoms. The summed E-state index contributed by atoms with van der Waals surface area (Å²) in [6, 6.07) is 11.2. The van der Waals surface area contributed by atoms with E-state index in [9.17, 15) is 9.59 Å². The van der Waals surface area contributed by atoms with Crippen molar-refractivity contribution in [2.45, 2.75) is 6.61 Å². The van der Waals surface area contributed by atoms with Gasteiger partial charge in [0.25, 0.3) is 0 Å². The molecule has 0 aliphatic carbocycles. The minimum Gasteiger partial charge on any atom is -0.488 e. The van der Waals surface area contributed by atoms with Crippen molar-refractivity contribution in [3.8, 4) is 11.5 Å². The Bertz CT molecular complexity index is 710. The predicted molar refractivity (Wildman–Crippen MR) is 88.1 cm³/mol. The highest BCUT2D eigenvalue weighted by Crippen LogP contribution is 2.27. The van der Waals surface area contributed by atoms with Crippen molar-refractivity contribution in [3.05, 3.63) is 59.2 Å². The normalized spacial score (nSPS) is 10.3. The van der Waals surface area contributed by atoms with E-state index in [0.29, 0.717) is 17.8 Å². The average molecular weight is 346 g/mol. The minimum absolute atomic E-state index is 0.0957. The third-order valence-corrected chi connectivity index (χ3v) is 3.27. The number of rotatable bonds is 10. The molecule has 2 aromatic rings. The van der Waals surface area contributed by atoms with E-state index in [0.717, 1.165) is 5.56 Å². The van der Waals surface area contributed by atoms with Crippen LogP contribution in [0.1, 0.15) is 26.3 Å². The summed E-state index contributed by atoms with van der Waals surface area (Å²) in [7, 11) is 0. The topological polar surface area (TPSA) is 102 Å². The molecule has 0 fully saturated rings. The molecule has 0 amide bonds. The van der Waals surface area contributed by atoms with Gasteiger partial charge in [-0.3, -0.25) is 4.79 Å². The number of hydrogen-bond donors (Lipinski definition) is 2. The molecule has 0 aliphatic rings. The van der Waals surface area contributed by atoms with Gasteiger partial charge >= 0.3 is 5.97 Å². The standard InChI is InChI=1S/C18H18O7/c19-8-9-23-12-25-17-3-1-2-16(15(17)10-20)24-11-13-4-6-14(7-5-13)18(21)22/h1-7,10,19H,8-9,11-12H2,(H,21,22). The zero-order chi connectivity index (χ0) is 18.1. The Kier molecular flexibility index (Phi) is 6.94. The molecule has 132 valence electrons. The van der Waals surface area contributed by atoms with Crippen LogP contribution >= 0.6 is 0 Å². The predicted octanol–water partition coefficient (Wildman–Crippen LogP) is 2.12. The first kappa shape index (κ1) is 18.4. The van der Waals surface area contributed by atoms with Crippen molar-refractivity contribution in [2.24, 2.45) is 0 Å². The van der Waals surface area contributed by atoms with E-state index in [-0.39, 0.29) is 37.7 Å². The lowest BCUT2D eigenvalue weighted by Gasteiger charge is -2.13. The zero-order valence-corrected chi connectivity index (χ0v) is 13.4. The molecule has 2 N–H and O–H groups in total. The van der Waals surface area contributed by atoms with Gasteiger partial charge < -0.3 is 24.4 Å². The smallest absolute Gasteiger partial charge is 0.335 e. The summed E-state index contributed by atoms with van der Waals surface area (Å²) in [6.07, 6.45) is 0.629. The van der Waals surface area contributed by atoms with Gasteiger partial charge in [0.15, 0.2) is 13.1 Å². The molecule has 0 aliphatic heterocycles. The lowest BCUT2D eigenvalue weighted by atomic mass is 10.1. The number of aldehydes is 1. The molecular formula is C18H18O7. The van der Waals surface area contributed by atoms with Crippen LogP contribution in [-0.2, 0) is 11.3 Å². The van der Waals surface area contributed by atoms with Gasteiger partial charge in [-0.15, -0.1) is 0 Å².